The van der Waals surface area contributed by atoms with E-state index in [1.54, 1.807) is 0 Å². The van der Waals surface area contributed by atoms with Crippen LogP contribution in [0, 0.1) is 5.92 Å². The van der Waals surface area contributed by atoms with Crippen LogP contribution < -0.4 is 10.4 Å². The van der Waals surface area contributed by atoms with Crippen LogP contribution in [-0.4, -0.2) is 70.0 Å². The number of nitrogens with zero attached hydrogens (tertiary/aromatic N) is 3. The second kappa shape index (κ2) is 9.32. The fourth-order valence-electron chi connectivity index (χ4n) is 5.01. The lowest BCUT2D eigenvalue weighted by atomic mass is 10.1. The number of aromatic nitrogens is 3. The number of imidazole rings is 1. The van der Waals surface area contributed by atoms with Crippen molar-refractivity contribution in [2.45, 2.75) is 38.5 Å². The molecule has 2 fully saturated rings. The molecule has 8 heteroatoms. The molecule has 170 valence electrons. The standard InChI is InChI=1S/C24H31N5O3/c30-22(29-11-9-28(10-12-29)16-17-4-1-2-5-17)6-3-13-32-19-7-8-20-18(14-19)15-21-23(25-20)27-24(31)26-21/h7-8,14-15,17H,1-6,9-13,16H2,(H2,25,26,27,31). The van der Waals surface area contributed by atoms with Crippen molar-refractivity contribution in [1.82, 2.24) is 24.8 Å². The minimum Gasteiger partial charge on any atom is -0.494 e. The Kier molecular flexibility index (Phi) is 6.12. The number of H-pyrrole nitrogens is 2. The van der Waals surface area contributed by atoms with Crippen LogP contribution in [0.1, 0.15) is 38.5 Å². The third-order valence-corrected chi connectivity index (χ3v) is 6.79. The average molecular weight is 438 g/mol. The maximum Gasteiger partial charge on any atom is 0.325 e. The zero-order valence-electron chi connectivity index (χ0n) is 18.4. The highest BCUT2D eigenvalue weighted by molar-refractivity contribution is 5.90. The molecule has 8 nitrogen and oxygen atoms in total. The van der Waals surface area contributed by atoms with E-state index in [0.29, 0.717) is 30.6 Å². The molecule has 1 aromatic carbocycles. The van der Waals surface area contributed by atoms with E-state index in [-0.39, 0.29) is 11.6 Å². The minimum atomic E-state index is -0.265. The van der Waals surface area contributed by atoms with Gasteiger partial charge < -0.3 is 14.6 Å². The lowest BCUT2D eigenvalue weighted by Gasteiger charge is -2.36. The van der Waals surface area contributed by atoms with E-state index in [9.17, 15) is 9.59 Å². The van der Waals surface area contributed by atoms with Gasteiger partial charge in [-0.05, 0) is 49.4 Å². The van der Waals surface area contributed by atoms with Crippen LogP contribution in [0.4, 0.5) is 0 Å². The summed E-state index contributed by atoms with van der Waals surface area (Å²) in [7, 11) is 0. The minimum absolute atomic E-state index is 0.232. The highest BCUT2D eigenvalue weighted by Crippen LogP contribution is 2.26. The van der Waals surface area contributed by atoms with Crippen LogP contribution in [0.5, 0.6) is 5.75 Å². The number of benzene rings is 1. The van der Waals surface area contributed by atoms with Gasteiger partial charge in [-0.1, -0.05) is 12.8 Å². The Morgan fingerprint density at radius 3 is 2.72 bits per heavy atom. The number of ether oxygens (including phenoxy) is 1. The molecule has 5 rings (SSSR count). The van der Waals surface area contributed by atoms with Crippen LogP contribution in [0.25, 0.3) is 22.1 Å². The van der Waals surface area contributed by atoms with Crippen molar-refractivity contribution in [3.05, 3.63) is 34.7 Å². The second-order valence-corrected chi connectivity index (χ2v) is 9.10. The number of hydrogen-bond donors (Lipinski definition) is 2. The van der Waals surface area contributed by atoms with E-state index in [0.717, 1.165) is 48.7 Å². The summed E-state index contributed by atoms with van der Waals surface area (Å²) >= 11 is 0. The number of aromatic amines is 2. The number of amides is 1. The molecule has 1 saturated carbocycles. The van der Waals surface area contributed by atoms with Crippen molar-refractivity contribution in [3.63, 3.8) is 0 Å². The van der Waals surface area contributed by atoms with E-state index >= 15 is 0 Å². The first-order chi connectivity index (χ1) is 15.6. The highest BCUT2D eigenvalue weighted by atomic mass is 16.5. The van der Waals surface area contributed by atoms with Crippen LogP contribution in [-0.2, 0) is 4.79 Å². The molecule has 1 aliphatic carbocycles. The Morgan fingerprint density at radius 2 is 1.91 bits per heavy atom. The predicted molar refractivity (Wildman–Crippen MR) is 124 cm³/mol. The van der Waals surface area contributed by atoms with Gasteiger partial charge in [0.25, 0.3) is 0 Å². The van der Waals surface area contributed by atoms with Gasteiger partial charge in [0.1, 0.15) is 5.75 Å². The smallest absolute Gasteiger partial charge is 0.325 e. The van der Waals surface area contributed by atoms with Gasteiger partial charge in [-0.15, -0.1) is 0 Å². The Labute approximate surface area is 186 Å². The highest BCUT2D eigenvalue weighted by Gasteiger charge is 2.24. The van der Waals surface area contributed by atoms with Gasteiger partial charge in [-0.2, -0.15) is 0 Å². The number of nitrogens with one attached hydrogen (secondary N) is 2. The number of fused-ring (bicyclic) bond motifs is 2. The van der Waals surface area contributed by atoms with E-state index in [4.69, 9.17) is 4.74 Å². The number of carbonyl (C=O) groups is 1. The first kappa shape index (κ1) is 21.0. The number of piperazine rings is 1. The Morgan fingerprint density at radius 1 is 1.09 bits per heavy atom. The Balaban J connectivity index is 1.06. The molecule has 1 amide bonds. The maximum absolute atomic E-state index is 12.6. The molecule has 0 radical (unpaired) electrons. The summed E-state index contributed by atoms with van der Waals surface area (Å²) < 4.78 is 5.87. The van der Waals surface area contributed by atoms with Gasteiger partial charge in [-0.3, -0.25) is 14.7 Å². The second-order valence-electron chi connectivity index (χ2n) is 9.10. The van der Waals surface area contributed by atoms with E-state index in [2.05, 4.69) is 19.9 Å². The molecular weight excluding hydrogens is 406 g/mol. The van der Waals surface area contributed by atoms with Gasteiger partial charge in [0.05, 0.1) is 17.6 Å². The van der Waals surface area contributed by atoms with Crippen molar-refractivity contribution in [1.29, 1.82) is 0 Å². The molecular formula is C24H31N5O3. The predicted octanol–water partition coefficient (Wildman–Crippen LogP) is 2.90. The molecule has 0 atom stereocenters. The van der Waals surface area contributed by atoms with Gasteiger partial charge >= 0.3 is 5.69 Å². The topological polar surface area (TPSA) is 94.3 Å². The zero-order valence-corrected chi connectivity index (χ0v) is 18.4. The Hall–Kier alpha value is -2.87. The number of pyridine rings is 1. The molecule has 2 aliphatic rings. The third kappa shape index (κ3) is 4.80. The summed E-state index contributed by atoms with van der Waals surface area (Å²) in [6, 6.07) is 7.56. The monoisotopic (exact) mass is 437 g/mol. The van der Waals surface area contributed by atoms with Gasteiger partial charge in [-0.25, -0.2) is 9.78 Å². The molecule has 32 heavy (non-hydrogen) atoms. The lowest BCUT2D eigenvalue weighted by molar-refractivity contribution is -0.133. The zero-order chi connectivity index (χ0) is 21.9. The molecule has 0 unspecified atom stereocenters. The first-order valence-electron chi connectivity index (χ1n) is 11.8. The normalized spacial score (nSPS) is 18.1. The summed E-state index contributed by atoms with van der Waals surface area (Å²) in [6.07, 6.45) is 6.74. The van der Waals surface area contributed by atoms with E-state index in [1.165, 1.54) is 32.2 Å². The third-order valence-electron chi connectivity index (χ3n) is 6.79. The lowest BCUT2D eigenvalue weighted by Crippen LogP contribution is -2.49. The number of hydrogen-bond acceptors (Lipinski definition) is 5. The maximum atomic E-state index is 12.6. The first-order valence-corrected chi connectivity index (χ1v) is 11.8. The molecule has 1 aliphatic heterocycles. The molecule has 1 saturated heterocycles. The molecule has 0 bridgehead atoms. The summed E-state index contributed by atoms with van der Waals surface area (Å²) in [5.41, 5.74) is 1.75. The van der Waals surface area contributed by atoms with Gasteiger partial charge in [0.2, 0.25) is 5.91 Å². The summed E-state index contributed by atoms with van der Waals surface area (Å²) in [5.74, 6) is 1.84. The number of carbonyl (C=O) groups excluding carboxylic acids is 1. The van der Waals surface area contributed by atoms with Gasteiger partial charge in [0.15, 0.2) is 5.65 Å². The van der Waals surface area contributed by atoms with Crippen LogP contribution in [0.2, 0.25) is 0 Å². The van der Waals surface area contributed by atoms with Crippen molar-refractivity contribution in [2.24, 2.45) is 5.92 Å². The van der Waals surface area contributed by atoms with Crippen molar-refractivity contribution < 1.29 is 9.53 Å². The van der Waals surface area contributed by atoms with E-state index < -0.39 is 0 Å². The van der Waals surface area contributed by atoms with Crippen LogP contribution >= 0.6 is 0 Å². The van der Waals surface area contributed by atoms with Crippen LogP contribution in [0.15, 0.2) is 29.1 Å². The Bertz CT molecular complexity index is 1140. The molecule has 2 N–H and O–H groups in total. The molecule has 0 spiro atoms. The van der Waals surface area contributed by atoms with Gasteiger partial charge in [0, 0.05) is 44.5 Å². The molecule has 2 aromatic heterocycles. The quantitative estimate of drug-likeness (QED) is 0.555. The fourth-order valence-corrected chi connectivity index (χ4v) is 5.01. The van der Waals surface area contributed by atoms with Crippen molar-refractivity contribution in [2.75, 3.05) is 39.3 Å². The van der Waals surface area contributed by atoms with Crippen molar-refractivity contribution >= 4 is 28.0 Å². The largest absolute Gasteiger partial charge is 0.494 e. The van der Waals surface area contributed by atoms with Crippen molar-refractivity contribution in [3.8, 4) is 5.75 Å². The summed E-state index contributed by atoms with van der Waals surface area (Å²) in [5, 5.41) is 0.900. The van der Waals surface area contributed by atoms with Crippen LogP contribution in [0.3, 0.4) is 0 Å². The van der Waals surface area contributed by atoms with E-state index in [1.807, 2.05) is 29.2 Å². The number of rotatable bonds is 7. The SMILES string of the molecule is O=C(CCCOc1ccc2nc3[nH]c(=O)[nH]c3cc2c1)N1CCN(CC2CCCC2)CC1. The fraction of sp³-hybridized carbons (Fsp3) is 0.542. The summed E-state index contributed by atoms with van der Waals surface area (Å²) in [4.78, 5) is 38.4. The average Bonchev–Trinajstić information content (AvgIpc) is 3.43. The summed E-state index contributed by atoms with van der Waals surface area (Å²) in [6.45, 7) is 5.41. The molecule has 3 heterocycles. The molecule has 3 aromatic rings.